The molecular weight excluding hydrogens is 455 g/mol. The standard InChI is InChI=1S/C28H31FN6O/c1-3-17-13-20(36)6-7-21(17)22-8-9-23-26(25(22)29)32-33-27(23)28-30-14-24(31-28)18-10-12-35(15-18)19-5-4-11-34(2)16-19/h6-10,13-14,19,36H,3-5,11-12,15-16H2,1-2H3,(H,30,31)(H,32,33). The smallest absolute Gasteiger partial charge is 0.159 e. The number of likely N-dealkylation sites (N-methyl/N-ethyl adjacent to an activating group) is 1. The molecule has 0 aliphatic carbocycles. The topological polar surface area (TPSA) is 84.1 Å². The largest absolute Gasteiger partial charge is 0.508 e. The van der Waals surface area contributed by atoms with Crippen molar-refractivity contribution in [3.05, 3.63) is 59.7 Å². The predicted octanol–water partition coefficient (Wildman–Crippen LogP) is 4.82. The van der Waals surface area contributed by atoms with Gasteiger partial charge in [0, 0.05) is 42.8 Å². The number of imidazole rings is 1. The third-order valence-electron chi connectivity index (χ3n) is 7.63. The minimum atomic E-state index is -0.356. The van der Waals surface area contributed by atoms with Crippen molar-refractivity contribution >= 4 is 16.5 Å². The third-order valence-corrected chi connectivity index (χ3v) is 7.63. The number of halogens is 1. The molecule has 0 spiro atoms. The summed E-state index contributed by atoms with van der Waals surface area (Å²) in [6.07, 6.45) is 7.37. The molecule has 1 fully saturated rings. The second kappa shape index (κ2) is 9.19. The molecule has 6 rings (SSSR count). The van der Waals surface area contributed by atoms with Crippen LogP contribution in [0.4, 0.5) is 4.39 Å². The zero-order valence-corrected chi connectivity index (χ0v) is 20.7. The SMILES string of the molecule is CCc1cc(O)ccc1-c1ccc2c(-c3nc(C4=CCN(C5CCCN(C)C5)C4)c[nH]3)n[nH]c2c1F. The summed E-state index contributed by atoms with van der Waals surface area (Å²) in [5, 5.41) is 17.8. The van der Waals surface area contributed by atoms with E-state index in [1.165, 1.54) is 25.0 Å². The van der Waals surface area contributed by atoms with Crippen LogP contribution in [0.15, 0.2) is 42.6 Å². The first kappa shape index (κ1) is 22.9. The fourth-order valence-electron chi connectivity index (χ4n) is 5.66. The van der Waals surface area contributed by atoms with Gasteiger partial charge in [0.05, 0.1) is 5.69 Å². The highest BCUT2D eigenvalue weighted by atomic mass is 19.1. The number of phenols is 1. The molecule has 4 heterocycles. The Labute approximate surface area is 209 Å². The molecule has 0 saturated carbocycles. The van der Waals surface area contributed by atoms with Gasteiger partial charge in [0.2, 0.25) is 0 Å². The van der Waals surface area contributed by atoms with Gasteiger partial charge >= 0.3 is 0 Å². The zero-order valence-electron chi connectivity index (χ0n) is 20.7. The van der Waals surface area contributed by atoms with Crippen LogP contribution in [0.2, 0.25) is 0 Å². The lowest BCUT2D eigenvalue weighted by Gasteiger charge is -2.35. The van der Waals surface area contributed by atoms with Crippen LogP contribution in [-0.2, 0) is 6.42 Å². The van der Waals surface area contributed by atoms with Crippen molar-refractivity contribution in [2.75, 3.05) is 33.2 Å². The lowest BCUT2D eigenvalue weighted by Crippen LogP contribution is -2.45. The van der Waals surface area contributed by atoms with Crippen LogP contribution in [0, 0.1) is 5.82 Å². The number of hydrogen-bond donors (Lipinski definition) is 3. The molecule has 2 aliphatic rings. The number of benzene rings is 2. The molecule has 1 saturated heterocycles. The number of H-pyrrole nitrogens is 2. The van der Waals surface area contributed by atoms with E-state index in [0.717, 1.165) is 36.5 Å². The van der Waals surface area contributed by atoms with Gasteiger partial charge in [-0.1, -0.05) is 25.1 Å². The number of likely N-dealkylation sites (tertiary alicyclic amines) is 1. The second-order valence-corrected chi connectivity index (χ2v) is 9.97. The molecule has 0 radical (unpaired) electrons. The van der Waals surface area contributed by atoms with Crippen molar-refractivity contribution < 1.29 is 9.50 Å². The van der Waals surface area contributed by atoms with Crippen LogP contribution < -0.4 is 0 Å². The molecule has 2 aromatic heterocycles. The highest BCUT2D eigenvalue weighted by Crippen LogP contribution is 2.35. The number of aromatic amines is 2. The number of phenolic OH excluding ortho intramolecular Hbond substituents is 1. The first-order chi connectivity index (χ1) is 17.5. The van der Waals surface area contributed by atoms with E-state index in [2.05, 4.69) is 38.1 Å². The summed E-state index contributed by atoms with van der Waals surface area (Å²) >= 11 is 0. The second-order valence-electron chi connectivity index (χ2n) is 9.97. The number of piperidine rings is 1. The van der Waals surface area contributed by atoms with E-state index in [9.17, 15) is 5.11 Å². The summed E-state index contributed by atoms with van der Waals surface area (Å²) in [5.74, 6) is 0.449. The molecule has 7 nitrogen and oxygen atoms in total. The van der Waals surface area contributed by atoms with Gasteiger partial charge in [-0.25, -0.2) is 9.37 Å². The van der Waals surface area contributed by atoms with Gasteiger partial charge in [0.25, 0.3) is 0 Å². The molecule has 1 atom stereocenters. The van der Waals surface area contributed by atoms with Gasteiger partial charge in [-0.2, -0.15) is 5.10 Å². The van der Waals surface area contributed by atoms with Gasteiger partial charge < -0.3 is 15.0 Å². The average molecular weight is 487 g/mol. The number of nitrogens with one attached hydrogen (secondary N) is 2. The van der Waals surface area contributed by atoms with E-state index in [0.29, 0.717) is 40.4 Å². The number of nitrogens with zero attached hydrogens (tertiary/aromatic N) is 4. The summed E-state index contributed by atoms with van der Waals surface area (Å²) in [6.45, 7) is 6.14. The fourth-order valence-corrected chi connectivity index (χ4v) is 5.66. The Morgan fingerprint density at radius 1 is 1.19 bits per heavy atom. The summed E-state index contributed by atoms with van der Waals surface area (Å²) in [6, 6.07) is 9.30. The molecule has 8 heteroatoms. The zero-order chi connectivity index (χ0) is 24.8. The summed E-state index contributed by atoms with van der Waals surface area (Å²) in [4.78, 5) is 13.0. The molecule has 2 aliphatic heterocycles. The maximum Gasteiger partial charge on any atom is 0.159 e. The fraction of sp³-hybridized carbons (Fsp3) is 0.357. The van der Waals surface area contributed by atoms with Crippen molar-refractivity contribution in [3.63, 3.8) is 0 Å². The Balaban J connectivity index is 1.26. The van der Waals surface area contributed by atoms with E-state index < -0.39 is 0 Å². The van der Waals surface area contributed by atoms with Gasteiger partial charge in [-0.15, -0.1) is 0 Å². The normalized spacial score (nSPS) is 19.3. The highest BCUT2D eigenvalue weighted by molar-refractivity contribution is 5.95. The Bertz CT molecular complexity index is 1450. The van der Waals surface area contributed by atoms with Crippen molar-refractivity contribution in [3.8, 4) is 28.4 Å². The summed E-state index contributed by atoms with van der Waals surface area (Å²) < 4.78 is 15.6. The van der Waals surface area contributed by atoms with Crippen molar-refractivity contribution in [1.29, 1.82) is 0 Å². The predicted molar refractivity (Wildman–Crippen MR) is 140 cm³/mol. The Morgan fingerprint density at radius 3 is 2.89 bits per heavy atom. The van der Waals surface area contributed by atoms with Crippen LogP contribution in [0.25, 0.3) is 39.1 Å². The van der Waals surface area contributed by atoms with E-state index in [1.807, 2.05) is 19.2 Å². The first-order valence-corrected chi connectivity index (χ1v) is 12.7. The van der Waals surface area contributed by atoms with E-state index >= 15 is 4.39 Å². The Hall–Kier alpha value is -3.49. The number of aromatic hydroxyl groups is 1. The minimum Gasteiger partial charge on any atom is -0.508 e. The average Bonchev–Trinajstić information content (AvgIpc) is 3.63. The molecular formula is C28H31FN6O. The highest BCUT2D eigenvalue weighted by Gasteiger charge is 2.28. The maximum absolute atomic E-state index is 15.6. The molecule has 0 amide bonds. The van der Waals surface area contributed by atoms with Crippen LogP contribution in [-0.4, -0.2) is 74.3 Å². The maximum atomic E-state index is 15.6. The van der Waals surface area contributed by atoms with Crippen molar-refractivity contribution in [2.45, 2.75) is 32.2 Å². The molecule has 2 aromatic carbocycles. The lowest BCUT2D eigenvalue weighted by molar-refractivity contribution is 0.139. The Morgan fingerprint density at radius 2 is 2.06 bits per heavy atom. The van der Waals surface area contributed by atoms with Gasteiger partial charge in [0.15, 0.2) is 11.6 Å². The summed E-state index contributed by atoms with van der Waals surface area (Å²) in [7, 11) is 2.20. The summed E-state index contributed by atoms with van der Waals surface area (Å²) in [5.41, 5.74) is 5.24. The van der Waals surface area contributed by atoms with Crippen LogP contribution in [0.5, 0.6) is 5.75 Å². The number of fused-ring (bicyclic) bond motifs is 1. The number of aryl methyl sites for hydroxylation is 1. The molecule has 36 heavy (non-hydrogen) atoms. The Kier molecular flexibility index (Phi) is 5.85. The quantitative estimate of drug-likeness (QED) is 0.377. The lowest BCUT2D eigenvalue weighted by atomic mass is 9.96. The van der Waals surface area contributed by atoms with Gasteiger partial charge in [0.1, 0.15) is 17.0 Å². The van der Waals surface area contributed by atoms with Crippen LogP contribution >= 0.6 is 0 Å². The van der Waals surface area contributed by atoms with E-state index in [4.69, 9.17) is 4.98 Å². The van der Waals surface area contributed by atoms with Gasteiger partial charge in [-0.05, 0) is 67.8 Å². The van der Waals surface area contributed by atoms with Crippen molar-refractivity contribution in [2.24, 2.45) is 0 Å². The molecule has 3 N–H and O–H groups in total. The van der Waals surface area contributed by atoms with Crippen LogP contribution in [0.3, 0.4) is 0 Å². The molecule has 0 bridgehead atoms. The molecule has 4 aromatic rings. The minimum absolute atomic E-state index is 0.182. The number of hydrogen-bond acceptors (Lipinski definition) is 5. The van der Waals surface area contributed by atoms with Crippen molar-refractivity contribution in [1.82, 2.24) is 30.0 Å². The van der Waals surface area contributed by atoms with E-state index in [-0.39, 0.29) is 11.6 Å². The van der Waals surface area contributed by atoms with Gasteiger partial charge in [-0.3, -0.25) is 10.00 Å². The number of aromatic nitrogens is 4. The number of rotatable bonds is 5. The van der Waals surface area contributed by atoms with Crippen LogP contribution in [0.1, 0.15) is 31.0 Å². The first-order valence-electron chi connectivity index (χ1n) is 12.7. The monoisotopic (exact) mass is 486 g/mol. The third kappa shape index (κ3) is 4.00. The molecule has 186 valence electrons. The molecule has 1 unspecified atom stereocenters. The van der Waals surface area contributed by atoms with E-state index in [1.54, 1.807) is 24.3 Å².